The molecule has 0 heterocycles. The Morgan fingerprint density at radius 2 is 1.90 bits per heavy atom. The fourth-order valence-corrected chi connectivity index (χ4v) is 0.826. The Hall–Kier alpha value is -0.0800. The van der Waals surface area contributed by atoms with Crippen molar-refractivity contribution in [2.24, 2.45) is 0 Å². The maximum Gasteiger partial charge on any atom is 0.221 e. The number of rotatable bonds is 4. The highest BCUT2D eigenvalue weighted by molar-refractivity contribution is 6.63. The van der Waals surface area contributed by atoms with Gasteiger partial charge in [-0.15, -0.1) is 0 Å². The predicted octanol–water partition coefficient (Wildman–Crippen LogP) is 1.24. The van der Waals surface area contributed by atoms with Crippen LogP contribution in [-0.2, 0) is 4.79 Å². The highest BCUT2D eigenvalue weighted by Gasteiger charge is 2.06. The van der Waals surface area contributed by atoms with Crippen molar-refractivity contribution in [2.75, 3.05) is 27.7 Å². The van der Waals surface area contributed by atoms with Gasteiger partial charge in [-0.05, 0) is 11.6 Å². The van der Waals surface area contributed by atoms with E-state index in [-0.39, 0.29) is 5.24 Å². The van der Waals surface area contributed by atoms with Gasteiger partial charge in [0.05, 0.1) is 27.7 Å². The Balaban J connectivity index is 3.29. The lowest BCUT2D eigenvalue weighted by atomic mass is 10.3. The number of carbonyl (C=O) groups excluding carboxylic acids is 1. The van der Waals surface area contributed by atoms with Gasteiger partial charge in [0.15, 0.2) is 0 Å². The molecule has 0 unspecified atom stereocenters. The van der Waals surface area contributed by atoms with Crippen molar-refractivity contribution < 1.29 is 9.28 Å². The molecule has 0 atom stereocenters. The van der Waals surface area contributed by atoms with Gasteiger partial charge in [-0.1, -0.05) is 0 Å². The van der Waals surface area contributed by atoms with Gasteiger partial charge in [-0.3, -0.25) is 4.79 Å². The van der Waals surface area contributed by atoms with Gasteiger partial charge < -0.3 is 4.48 Å². The average Bonchev–Trinajstić information content (AvgIpc) is 1.59. The van der Waals surface area contributed by atoms with Gasteiger partial charge in [0, 0.05) is 12.8 Å². The van der Waals surface area contributed by atoms with Crippen LogP contribution in [0.1, 0.15) is 12.8 Å². The Labute approximate surface area is 67.4 Å². The van der Waals surface area contributed by atoms with Crippen LogP contribution in [0.3, 0.4) is 0 Å². The topological polar surface area (TPSA) is 17.1 Å². The first-order valence-corrected chi connectivity index (χ1v) is 3.78. The molecule has 0 aliphatic heterocycles. The average molecular weight is 165 g/mol. The fourth-order valence-electron chi connectivity index (χ4n) is 0.692. The molecule has 0 aromatic rings. The van der Waals surface area contributed by atoms with Crippen LogP contribution >= 0.6 is 11.6 Å². The van der Waals surface area contributed by atoms with Crippen LogP contribution in [0.5, 0.6) is 0 Å². The SMILES string of the molecule is C[N+](C)(C)CCCC(=O)Cl. The van der Waals surface area contributed by atoms with Crippen molar-refractivity contribution in [2.45, 2.75) is 12.8 Å². The second-order valence-corrected chi connectivity index (χ2v) is 3.89. The quantitative estimate of drug-likeness (QED) is 0.452. The van der Waals surface area contributed by atoms with Crippen molar-refractivity contribution in [3.8, 4) is 0 Å². The number of hydrogen-bond donors (Lipinski definition) is 0. The van der Waals surface area contributed by atoms with E-state index in [0.29, 0.717) is 6.42 Å². The number of carbonyl (C=O) groups is 1. The molecule has 0 spiro atoms. The standard InChI is InChI=1S/C7H15ClNO/c1-9(2,3)6-4-5-7(8)10/h4-6H2,1-3H3/q+1. The Morgan fingerprint density at radius 1 is 1.40 bits per heavy atom. The molecule has 0 fully saturated rings. The van der Waals surface area contributed by atoms with Crippen molar-refractivity contribution in [1.29, 1.82) is 0 Å². The van der Waals surface area contributed by atoms with Gasteiger partial charge in [-0.25, -0.2) is 0 Å². The monoisotopic (exact) mass is 164 g/mol. The smallest absolute Gasteiger partial charge is 0.221 e. The molecule has 0 aromatic carbocycles. The van der Waals surface area contributed by atoms with Crippen LogP contribution < -0.4 is 0 Å². The lowest BCUT2D eigenvalue weighted by Crippen LogP contribution is -2.35. The molecule has 0 radical (unpaired) electrons. The van der Waals surface area contributed by atoms with E-state index in [1.807, 2.05) is 0 Å². The molecule has 0 saturated carbocycles. The van der Waals surface area contributed by atoms with Crippen LogP contribution in [0, 0.1) is 0 Å². The maximum absolute atomic E-state index is 10.3. The molecule has 0 saturated heterocycles. The van der Waals surface area contributed by atoms with Crippen LogP contribution in [0.15, 0.2) is 0 Å². The third-order valence-corrected chi connectivity index (χ3v) is 1.39. The number of hydrogen-bond acceptors (Lipinski definition) is 1. The first kappa shape index (κ1) is 9.92. The van der Waals surface area contributed by atoms with Crippen LogP contribution in [0.25, 0.3) is 0 Å². The molecule has 3 heteroatoms. The molecule has 0 rings (SSSR count). The molecule has 10 heavy (non-hydrogen) atoms. The molecule has 0 N–H and O–H groups in total. The summed E-state index contributed by atoms with van der Waals surface area (Å²) in [6, 6.07) is 0. The van der Waals surface area contributed by atoms with Crippen LogP contribution in [0.2, 0.25) is 0 Å². The third kappa shape index (κ3) is 7.92. The lowest BCUT2D eigenvalue weighted by molar-refractivity contribution is -0.870. The zero-order valence-corrected chi connectivity index (χ0v) is 7.61. The number of nitrogens with zero attached hydrogens (tertiary/aromatic N) is 1. The second kappa shape index (κ2) is 3.94. The Bertz CT molecular complexity index is 117. The van der Waals surface area contributed by atoms with Crippen molar-refractivity contribution in [1.82, 2.24) is 0 Å². The van der Waals surface area contributed by atoms with Gasteiger partial charge in [-0.2, -0.15) is 0 Å². The summed E-state index contributed by atoms with van der Waals surface area (Å²) in [5.74, 6) is 0. The first-order valence-electron chi connectivity index (χ1n) is 3.40. The molecule has 0 aromatic heterocycles. The summed E-state index contributed by atoms with van der Waals surface area (Å²) in [4.78, 5) is 10.3. The molecule has 2 nitrogen and oxygen atoms in total. The van der Waals surface area contributed by atoms with E-state index in [0.717, 1.165) is 17.4 Å². The summed E-state index contributed by atoms with van der Waals surface area (Å²) >= 11 is 5.16. The minimum Gasteiger partial charge on any atom is -0.331 e. The van der Waals surface area contributed by atoms with Crippen LogP contribution in [-0.4, -0.2) is 37.4 Å². The van der Waals surface area contributed by atoms with Crippen molar-refractivity contribution >= 4 is 16.8 Å². The van der Waals surface area contributed by atoms with E-state index in [9.17, 15) is 4.79 Å². The van der Waals surface area contributed by atoms with E-state index in [1.165, 1.54) is 0 Å². The minimum absolute atomic E-state index is 0.228. The van der Waals surface area contributed by atoms with Crippen molar-refractivity contribution in [3.63, 3.8) is 0 Å². The molecule has 0 bridgehead atoms. The summed E-state index contributed by atoms with van der Waals surface area (Å²) in [5, 5.41) is -0.228. The zero-order valence-electron chi connectivity index (χ0n) is 6.85. The molecule has 0 aliphatic carbocycles. The lowest BCUT2D eigenvalue weighted by Gasteiger charge is -2.23. The molecular weight excluding hydrogens is 150 g/mol. The normalized spacial score (nSPS) is 11.6. The van der Waals surface area contributed by atoms with Gasteiger partial charge in [0.2, 0.25) is 5.24 Å². The van der Waals surface area contributed by atoms with E-state index >= 15 is 0 Å². The largest absolute Gasteiger partial charge is 0.331 e. The molecule has 60 valence electrons. The van der Waals surface area contributed by atoms with E-state index < -0.39 is 0 Å². The summed E-state index contributed by atoms with van der Waals surface area (Å²) < 4.78 is 0.893. The van der Waals surface area contributed by atoms with Crippen molar-refractivity contribution in [3.05, 3.63) is 0 Å². The highest BCUT2D eigenvalue weighted by atomic mass is 35.5. The summed E-state index contributed by atoms with van der Waals surface area (Å²) in [5.41, 5.74) is 0. The van der Waals surface area contributed by atoms with E-state index in [4.69, 9.17) is 11.6 Å². The predicted molar refractivity (Wildman–Crippen MR) is 43.0 cm³/mol. The number of quaternary nitrogens is 1. The third-order valence-electron chi connectivity index (χ3n) is 1.20. The van der Waals surface area contributed by atoms with E-state index in [1.54, 1.807) is 0 Å². The zero-order chi connectivity index (χ0) is 8.20. The molecule has 0 amide bonds. The molecular formula is C7H15ClNO+. The number of halogens is 1. The van der Waals surface area contributed by atoms with E-state index in [2.05, 4.69) is 21.1 Å². The first-order chi connectivity index (χ1) is 4.42. The highest BCUT2D eigenvalue weighted by Crippen LogP contribution is 1.99. The minimum atomic E-state index is -0.228. The van der Waals surface area contributed by atoms with Gasteiger partial charge in [0.1, 0.15) is 0 Å². The summed E-state index contributed by atoms with van der Waals surface area (Å²) in [7, 11) is 6.29. The van der Waals surface area contributed by atoms with Gasteiger partial charge >= 0.3 is 0 Å². The fraction of sp³-hybridized carbons (Fsp3) is 0.857. The Morgan fingerprint density at radius 3 is 2.20 bits per heavy atom. The maximum atomic E-state index is 10.3. The van der Waals surface area contributed by atoms with Crippen LogP contribution in [0.4, 0.5) is 0 Å². The molecule has 0 aliphatic rings. The summed E-state index contributed by atoms with van der Waals surface area (Å²) in [6.07, 6.45) is 1.38. The van der Waals surface area contributed by atoms with Gasteiger partial charge in [0.25, 0.3) is 0 Å². The summed E-state index contributed by atoms with van der Waals surface area (Å²) in [6.45, 7) is 0.998. The Kier molecular flexibility index (Phi) is 3.91. The second-order valence-electron chi connectivity index (χ2n) is 3.47.